The van der Waals surface area contributed by atoms with E-state index in [0.717, 1.165) is 9.77 Å². The maximum Gasteiger partial charge on any atom is 0.310 e. The molecule has 0 N–H and O–H groups in total. The lowest BCUT2D eigenvalue weighted by Crippen LogP contribution is -2.12. The number of aryl methyl sites for hydroxylation is 1. The summed E-state index contributed by atoms with van der Waals surface area (Å²) in [5.41, 5.74) is 1.03. The van der Waals surface area contributed by atoms with Gasteiger partial charge in [0.15, 0.2) is 0 Å². The molecular weight excluding hydrogens is 220 g/mol. The zero-order chi connectivity index (χ0) is 10.6. The number of hydrogen-bond donors (Lipinski definition) is 0. The first-order valence-corrected chi connectivity index (χ1v) is 6.34. The molecule has 0 aliphatic carbocycles. The second-order valence-electron chi connectivity index (χ2n) is 2.77. The van der Waals surface area contributed by atoms with E-state index in [-0.39, 0.29) is 12.4 Å². The molecule has 0 bridgehead atoms. The number of esters is 1. The fourth-order valence-corrected chi connectivity index (χ4v) is 3.42. The molecule has 0 saturated heterocycles. The summed E-state index contributed by atoms with van der Waals surface area (Å²) in [6, 6.07) is 1.93. The molecule has 5 heteroatoms. The second-order valence-corrected chi connectivity index (χ2v) is 5.45. The van der Waals surface area contributed by atoms with Gasteiger partial charge in [-0.2, -0.15) is 0 Å². The Labute approximate surface area is 90.3 Å². The van der Waals surface area contributed by atoms with Crippen molar-refractivity contribution in [3.63, 3.8) is 0 Å². The third kappa shape index (κ3) is 3.01. The number of thiophene rings is 1. The maximum absolute atomic E-state index is 11.7. The average Bonchev–Trinajstić information content (AvgIpc) is 2.60. The molecule has 1 aromatic heterocycles. The van der Waals surface area contributed by atoms with Gasteiger partial charge < -0.3 is 9.29 Å². The minimum absolute atomic E-state index is 0.209. The number of hydrogen-bond acceptors (Lipinski definition) is 4. The zero-order valence-electron chi connectivity index (χ0n) is 8.11. The van der Waals surface area contributed by atoms with Crippen LogP contribution in [-0.4, -0.2) is 23.4 Å². The van der Waals surface area contributed by atoms with Crippen LogP contribution in [0.1, 0.15) is 12.0 Å². The summed E-state index contributed by atoms with van der Waals surface area (Å²) in [6.45, 7) is 1.92. The number of ether oxygens (including phenoxy) is 1. The first-order chi connectivity index (χ1) is 6.65. The first-order valence-electron chi connectivity index (χ1n) is 4.14. The normalized spacial score (nSPS) is 12.5. The van der Waals surface area contributed by atoms with Crippen molar-refractivity contribution in [2.24, 2.45) is 0 Å². The quantitative estimate of drug-likeness (QED) is 0.586. The Morgan fingerprint density at radius 3 is 2.93 bits per heavy atom. The molecule has 0 aliphatic rings. The van der Waals surface area contributed by atoms with E-state index in [0.29, 0.717) is 5.75 Å². The summed E-state index contributed by atoms with van der Waals surface area (Å²) in [4.78, 5) is 10.8. The van der Waals surface area contributed by atoms with Crippen LogP contribution in [0.2, 0.25) is 0 Å². The third-order valence-corrected chi connectivity index (χ3v) is 4.71. The molecular formula is C9H12O3S2. The summed E-state index contributed by atoms with van der Waals surface area (Å²) in [7, 11) is 1.33. The van der Waals surface area contributed by atoms with Crippen LogP contribution < -0.4 is 0 Å². The van der Waals surface area contributed by atoms with Gasteiger partial charge in [-0.1, -0.05) is 11.3 Å². The van der Waals surface area contributed by atoms with Gasteiger partial charge in [-0.15, -0.1) is 0 Å². The highest BCUT2D eigenvalue weighted by atomic mass is 32.2. The van der Waals surface area contributed by atoms with Gasteiger partial charge in [0.05, 0.1) is 13.5 Å². The molecule has 1 rings (SSSR count). The minimum atomic E-state index is -1.07. The van der Waals surface area contributed by atoms with E-state index >= 15 is 0 Å². The molecule has 1 heterocycles. The Kier molecular flexibility index (Phi) is 4.44. The van der Waals surface area contributed by atoms with Crippen molar-refractivity contribution in [3.05, 3.63) is 17.0 Å². The fraction of sp³-hybridized carbons (Fsp3) is 0.444. The molecule has 0 aliphatic heterocycles. The van der Waals surface area contributed by atoms with Crippen molar-refractivity contribution in [1.82, 2.24) is 0 Å². The van der Waals surface area contributed by atoms with Crippen LogP contribution in [0.15, 0.2) is 15.7 Å². The summed E-state index contributed by atoms with van der Waals surface area (Å²) in [5, 5.41) is 1.90. The summed E-state index contributed by atoms with van der Waals surface area (Å²) >= 11 is 0.396. The highest BCUT2D eigenvalue weighted by Gasteiger charge is 2.17. The monoisotopic (exact) mass is 232 g/mol. The SMILES string of the molecule is COC(=O)CC[S+]([O-])c1sccc1C. The van der Waals surface area contributed by atoms with Crippen LogP contribution in [0.25, 0.3) is 0 Å². The molecule has 1 unspecified atom stereocenters. The zero-order valence-corrected chi connectivity index (χ0v) is 9.74. The van der Waals surface area contributed by atoms with Crippen LogP contribution in [0.3, 0.4) is 0 Å². The van der Waals surface area contributed by atoms with Gasteiger partial charge in [-0.25, -0.2) is 0 Å². The Balaban J connectivity index is 2.47. The summed E-state index contributed by atoms with van der Waals surface area (Å²) < 4.78 is 17.0. The smallest absolute Gasteiger partial charge is 0.310 e. The lowest BCUT2D eigenvalue weighted by molar-refractivity contribution is -0.140. The van der Waals surface area contributed by atoms with Crippen molar-refractivity contribution >= 4 is 28.5 Å². The van der Waals surface area contributed by atoms with Crippen LogP contribution in [0.5, 0.6) is 0 Å². The van der Waals surface area contributed by atoms with Gasteiger partial charge in [-0.05, 0) is 29.5 Å². The van der Waals surface area contributed by atoms with E-state index < -0.39 is 11.2 Å². The van der Waals surface area contributed by atoms with Gasteiger partial charge in [0, 0.05) is 5.56 Å². The molecule has 0 amide bonds. The molecule has 14 heavy (non-hydrogen) atoms. The first kappa shape index (κ1) is 11.6. The molecule has 1 atom stereocenters. The fourth-order valence-electron chi connectivity index (χ4n) is 0.963. The van der Waals surface area contributed by atoms with E-state index in [1.54, 1.807) is 0 Å². The minimum Gasteiger partial charge on any atom is -0.611 e. The van der Waals surface area contributed by atoms with Crippen molar-refractivity contribution in [3.8, 4) is 0 Å². The van der Waals surface area contributed by atoms with Crippen molar-refractivity contribution in [1.29, 1.82) is 0 Å². The Morgan fingerprint density at radius 1 is 1.71 bits per heavy atom. The molecule has 1 aromatic rings. The molecule has 0 saturated carbocycles. The predicted molar refractivity (Wildman–Crippen MR) is 57.0 cm³/mol. The van der Waals surface area contributed by atoms with Crippen LogP contribution in [0, 0.1) is 6.92 Å². The van der Waals surface area contributed by atoms with Gasteiger partial charge in [0.2, 0.25) is 4.21 Å². The lowest BCUT2D eigenvalue weighted by Gasteiger charge is -2.08. The number of carbonyl (C=O) groups is 1. The highest BCUT2D eigenvalue weighted by molar-refractivity contribution is 7.93. The van der Waals surface area contributed by atoms with Crippen molar-refractivity contribution in [2.75, 3.05) is 12.9 Å². The van der Waals surface area contributed by atoms with Crippen LogP contribution >= 0.6 is 11.3 Å². The topological polar surface area (TPSA) is 49.4 Å². The van der Waals surface area contributed by atoms with Gasteiger partial charge in [-0.3, -0.25) is 4.79 Å². The molecule has 0 spiro atoms. The van der Waals surface area contributed by atoms with E-state index in [1.807, 2.05) is 18.4 Å². The van der Waals surface area contributed by atoms with E-state index in [2.05, 4.69) is 4.74 Å². The molecule has 3 nitrogen and oxygen atoms in total. The summed E-state index contributed by atoms with van der Waals surface area (Å²) in [5.74, 6) is 0.0289. The van der Waals surface area contributed by atoms with Crippen molar-refractivity contribution < 1.29 is 14.1 Å². The van der Waals surface area contributed by atoms with Crippen LogP contribution in [-0.2, 0) is 20.7 Å². The number of carbonyl (C=O) groups excluding carboxylic acids is 1. The maximum atomic E-state index is 11.7. The van der Waals surface area contributed by atoms with Crippen molar-refractivity contribution in [2.45, 2.75) is 17.6 Å². The number of rotatable bonds is 4. The largest absolute Gasteiger partial charge is 0.611 e. The van der Waals surface area contributed by atoms with Crippen LogP contribution in [0.4, 0.5) is 0 Å². The van der Waals surface area contributed by atoms with E-state index in [1.165, 1.54) is 18.4 Å². The molecule has 0 aromatic carbocycles. The Hall–Kier alpha value is -0.520. The van der Waals surface area contributed by atoms with E-state index in [4.69, 9.17) is 0 Å². The standard InChI is InChI=1S/C9H12O3S2/c1-7-3-5-13-9(7)14(11)6-4-8(10)12-2/h3,5H,4,6H2,1-2H3. The number of methoxy groups -OCH3 is 1. The molecule has 0 fully saturated rings. The Morgan fingerprint density at radius 2 is 2.43 bits per heavy atom. The predicted octanol–water partition coefficient (Wildman–Crippen LogP) is 1.73. The second kappa shape index (κ2) is 5.38. The van der Waals surface area contributed by atoms with Gasteiger partial charge in [0.25, 0.3) is 0 Å². The molecule has 0 radical (unpaired) electrons. The summed E-state index contributed by atoms with van der Waals surface area (Å²) in [6.07, 6.45) is 0.209. The average molecular weight is 232 g/mol. The molecule has 78 valence electrons. The third-order valence-electron chi connectivity index (χ3n) is 1.74. The Bertz CT molecular complexity index is 309. The van der Waals surface area contributed by atoms with E-state index in [9.17, 15) is 9.35 Å². The van der Waals surface area contributed by atoms with Gasteiger partial charge in [0.1, 0.15) is 5.75 Å². The van der Waals surface area contributed by atoms with Gasteiger partial charge >= 0.3 is 5.97 Å². The highest BCUT2D eigenvalue weighted by Crippen LogP contribution is 2.23. The lowest BCUT2D eigenvalue weighted by atomic mass is 10.4.